The third kappa shape index (κ3) is 5.08. The Labute approximate surface area is 158 Å². The summed E-state index contributed by atoms with van der Waals surface area (Å²) in [7, 11) is 0. The molecule has 26 heavy (non-hydrogen) atoms. The van der Waals surface area contributed by atoms with E-state index in [1.165, 1.54) is 24.6 Å². The molecule has 2 heterocycles. The van der Waals surface area contributed by atoms with Crippen LogP contribution in [0.25, 0.3) is 5.69 Å². The fraction of sp³-hybridized carbons (Fsp3) is 0.526. The van der Waals surface area contributed by atoms with Crippen molar-refractivity contribution < 1.29 is 9.53 Å². The molecule has 1 aromatic heterocycles. The molecule has 2 aromatic rings. The molecule has 0 saturated carbocycles. The minimum absolute atomic E-state index is 0.214. The van der Waals surface area contributed by atoms with Gasteiger partial charge in [0.25, 0.3) is 0 Å². The average molecular weight is 375 g/mol. The molecule has 140 valence electrons. The van der Waals surface area contributed by atoms with Crippen molar-refractivity contribution >= 4 is 17.7 Å². The zero-order chi connectivity index (χ0) is 18.6. The van der Waals surface area contributed by atoms with Crippen LogP contribution in [0, 0.1) is 0 Å². The van der Waals surface area contributed by atoms with Crippen LogP contribution in [0.15, 0.2) is 35.5 Å². The highest BCUT2D eigenvalue weighted by molar-refractivity contribution is 7.99. The number of ether oxygens (including phenoxy) is 1. The molecule has 1 aliphatic rings. The number of hydrogen-bond acceptors (Lipinski definition) is 6. The molecular formula is C19H26N4O2S. The quantitative estimate of drug-likeness (QED) is 0.571. The van der Waals surface area contributed by atoms with Gasteiger partial charge in [0, 0.05) is 5.69 Å². The fourth-order valence-electron chi connectivity index (χ4n) is 2.97. The maximum Gasteiger partial charge on any atom is 0.316 e. The van der Waals surface area contributed by atoms with E-state index in [1.54, 1.807) is 0 Å². The van der Waals surface area contributed by atoms with E-state index in [0.717, 1.165) is 36.3 Å². The van der Waals surface area contributed by atoms with Crippen LogP contribution in [0.5, 0.6) is 0 Å². The Kier molecular flexibility index (Phi) is 5.98. The van der Waals surface area contributed by atoms with Gasteiger partial charge in [-0.25, -0.2) is 0 Å². The van der Waals surface area contributed by atoms with Gasteiger partial charge < -0.3 is 4.74 Å². The SMILES string of the molecule is CC(C)(C)OC(=O)CSc1nnc(CN2CCCC2)n1-c1ccccc1. The zero-order valence-electron chi connectivity index (χ0n) is 15.6. The van der Waals surface area contributed by atoms with Crippen molar-refractivity contribution in [3.63, 3.8) is 0 Å². The van der Waals surface area contributed by atoms with Gasteiger partial charge in [-0.2, -0.15) is 0 Å². The number of esters is 1. The molecule has 0 N–H and O–H groups in total. The molecule has 0 amide bonds. The molecule has 1 saturated heterocycles. The van der Waals surface area contributed by atoms with Crippen molar-refractivity contribution in [2.24, 2.45) is 0 Å². The highest BCUT2D eigenvalue weighted by Gasteiger charge is 2.21. The summed E-state index contributed by atoms with van der Waals surface area (Å²) in [6.07, 6.45) is 2.47. The van der Waals surface area contributed by atoms with Crippen LogP contribution >= 0.6 is 11.8 Å². The first-order valence-corrected chi connectivity index (χ1v) is 9.98. The summed E-state index contributed by atoms with van der Waals surface area (Å²) in [6, 6.07) is 10.1. The Balaban J connectivity index is 1.78. The third-order valence-electron chi connectivity index (χ3n) is 4.02. The summed E-state index contributed by atoms with van der Waals surface area (Å²) in [5.41, 5.74) is 0.532. The molecule has 0 aliphatic carbocycles. The Morgan fingerprint density at radius 2 is 1.85 bits per heavy atom. The number of benzene rings is 1. The summed E-state index contributed by atoms with van der Waals surface area (Å²) >= 11 is 1.37. The van der Waals surface area contributed by atoms with Crippen LogP contribution in [-0.2, 0) is 16.1 Å². The number of hydrogen-bond donors (Lipinski definition) is 0. The maximum absolute atomic E-state index is 12.1. The smallest absolute Gasteiger partial charge is 0.316 e. The van der Waals surface area contributed by atoms with Crippen LogP contribution in [0.2, 0.25) is 0 Å². The summed E-state index contributed by atoms with van der Waals surface area (Å²) < 4.78 is 7.44. The lowest BCUT2D eigenvalue weighted by atomic mass is 10.2. The highest BCUT2D eigenvalue weighted by atomic mass is 32.2. The summed E-state index contributed by atoms with van der Waals surface area (Å²) in [5, 5.41) is 9.47. The number of carbonyl (C=O) groups is 1. The van der Waals surface area contributed by atoms with Crippen molar-refractivity contribution in [1.82, 2.24) is 19.7 Å². The number of para-hydroxylation sites is 1. The highest BCUT2D eigenvalue weighted by Crippen LogP contribution is 2.24. The first-order valence-electron chi connectivity index (χ1n) is 8.99. The van der Waals surface area contributed by atoms with Gasteiger partial charge in [0.1, 0.15) is 5.60 Å². The number of likely N-dealkylation sites (tertiary alicyclic amines) is 1. The topological polar surface area (TPSA) is 60.2 Å². The number of thioether (sulfide) groups is 1. The van der Waals surface area contributed by atoms with Crippen molar-refractivity contribution in [2.45, 2.75) is 50.9 Å². The second-order valence-corrected chi connectivity index (χ2v) is 8.37. The predicted octanol–water partition coefficient (Wildman–Crippen LogP) is 3.30. The van der Waals surface area contributed by atoms with Crippen LogP contribution in [-0.4, -0.2) is 50.1 Å². The van der Waals surface area contributed by atoms with Gasteiger partial charge in [-0.3, -0.25) is 14.3 Å². The van der Waals surface area contributed by atoms with Crippen molar-refractivity contribution in [1.29, 1.82) is 0 Å². The second-order valence-electron chi connectivity index (χ2n) is 7.43. The van der Waals surface area contributed by atoms with E-state index in [9.17, 15) is 4.79 Å². The zero-order valence-corrected chi connectivity index (χ0v) is 16.5. The first kappa shape index (κ1) is 18.9. The first-order chi connectivity index (χ1) is 12.4. The molecule has 1 fully saturated rings. The average Bonchev–Trinajstić information content (AvgIpc) is 3.22. The van der Waals surface area contributed by atoms with Gasteiger partial charge in [-0.15, -0.1) is 10.2 Å². The van der Waals surface area contributed by atoms with Crippen molar-refractivity contribution in [3.8, 4) is 5.69 Å². The Hall–Kier alpha value is -1.86. The Morgan fingerprint density at radius 3 is 2.50 bits per heavy atom. The third-order valence-corrected chi connectivity index (χ3v) is 4.92. The lowest BCUT2D eigenvalue weighted by molar-refractivity contribution is -0.151. The molecule has 1 aliphatic heterocycles. The summed E-state index contributed by atoms with van der Waals surface area (Å²) in [4.78, 5) is 14.5. The van der Waals surface area contributed by atoms with Gasteiger partial charge in [0.15, 0.2) is 11.0 Å². The van der Waals surface area contributed by atoms with E-state index in [-0.39, 0.29) is 11.7 Å². The van der Waals surface area contributed by atoms with Gasteiger partial charge in [-0.1, -0.05) is 30.0 Å². The van der Waals surface area contributed by atoms with Crippen LogP contribution in [0.1, 0.15) is 39.4 Å². The monoisotopic (exact) mass is 374 g/mol. The molecular weight excluding hydrogens is 348 g/mol. The van der Waals surface area contributed by atoms with E-state index >= 15 is 0 Å². The van der Waals surface area contributed by atoms with Crippen LogP contribution in [0.3, 0.4) is 0 Å². The largest absolute Gasteiger partial charge is 0.459 e. The number of aromatic nitrogens is 3. The Morgan fingerprint density at radius 1 is 1.15 bits per heavy atom. The summed E-state index contributed by atoms with van der Waals surface area (Å²) in [5.74, 6) is 0.877. The van der Waals surface area contributed by atoms with Gasteiger partial charge in [-0.05, 0) is 58.8 Å². The Bertz CT molecular complexity index is 734. The standard InChI is InChI=1S/C19H26N4O2S/c1-19(2,3)25-17(24)14-26-18-21-20-16(13-22-11-7-8-12-22)23(18)15-9-5-4-6-10-15/h4-6,9-10H,7-8,11-14H2,1-3H3. The molecule has 0 atom stereocenters. The van der Waals surface area contributed by atoms with E-state index in [0.29, 0.717) is 0 Å². The number of carbonyl (C=O) groups excluding carboxylic acids is 1. The second kappa shape index (κ2) is 8.22. The van der Waals surface area contributed by atoms with Gasteiger partial charge >= 0.3 is 5.97 Å². The molecule has 0 spiro atoms. The minimum atomic E-state index is -0.480. The van der Waals surface area contributed by atoms with Crippen LogP contribution in [0.4, 0.5) is 0 Å². The van der Waals surface area contributed by atoms with Crippen LogP contribution < -0.4 is 0 Å². The molecule has 0 bridgehead atoms. The molecule has 6 nitrogen and oxygen atoms in total. The maximum atomic E-state index is 12.1. The van der Waals surface area contributed by atoms with Crippen molar-refractivity contribution in [2.75, 3.05) is 18.8 Å². The summed E-state index contributed by atoms with van der Waals surface area (Å²) in [6.45, 7) is 8.58. The molecule has 0 unspecified atom stereocenters. The number of nitrogens with zero attached hydrogens (tertiary/aromatic N) is 4. The van der Waals surface area contributed by atoms with E-state index in [1.807, 2.05) is 55.7 Å². The fourth-order valence-corrected chi connectivity index (χ4v) is 3.71. The predicted molar refractivity (Wildman–Crippen MR) is 102 cm³/mol. The molecule has 0 radical (unpaired) electrons. The van der Waals surface area contributed by atoms with Gasteiger partial charge in [0.05, 0.1) is 12.3 Å². The van der Waals surface area contributed by atoms with E-state index in [2.05, 4.69) is 15.1 Å². The van der Waals surface area contributed by atoms with E-state index in [4.69, 9.17) is 4.74 Å². The molecule has 1 aromatic carbocycles. The number of rotatable bonds is 6. The molecule has 3 rings (SSSR count). The molecule has 7 heteroatoms. The lowest BCUT2D eigenvalue weighted by Crippen LogP contribution is -2.25. The minimum Gasteiger partial charge on any atom is -0.459 e. The van der Waals surface area contributed by atoms with E-state index < -0.39 is 5.60 Å². The lowest BCUT2D eigenvalue weighted by Gasteiger charge is -2.19. The van der Waals surface area contributed by atoms with Crippen molar-refractivity contribution in [3.05, 3.63) is 36.2 Å². The van der Waals surface area contributed by atoms with Gasteiger partial charge in [0.2, 0.25) is 0 Å². The normalized spacial score (nSPS) is 15.3.